The van der Waals surface area contributed by atoms with E-state index >= 15 is 0 Å². The highest BCUT2D eigenvalue weighted by Gasteiger charge is 2.25. The van der Waals surface area contributed by atoms with Crippen LogP contribution in [0.25, 0.3) is 0 Å². The monoisotopic (exact) mass is 267 g/mol. The third-order valence-corrected chi connectivity index (χ3v) is 4.57. The molecular weight excluding hydrogens is 242 g/mol. The van der Waals surface area contributed by atoms with Crippen molar-refractivity contribution in [2.24, 2.45) is 5.92 Å². The van der Waals surface area contributed by atoms with Crippen LogP contribution in [0.2, 0.25) is 0 Å². The van der Waals surface area contributed by atoms with Gasteiger partial charge in [0.25, 0.3) is 0 Å². The number of hydrogen-bond acceptors (Lipinski definition) is 4. The predicted molar refractivity (Wildman–Crippen MR) is 78.0 cm³/mol. The average Bonchev–Trinajstić information content (AvgIpc) is 2.74. The molecule has 1 fully saturated rings. The Kier molecular flexibility index (Phi) is 5.15. The Morgan fingerprint density at radius 2 is 2.39 bits per heavy atom. The molecule has 3 nitrogen and oxygen atoms in total. The van der Waals surface area contributed by atoms with Crippen molar-refractivity contribution < 1.29 is 0 Å². The second kappa shape index (κ2) is 6.64. The minimum atomic E-state index is 0.708. The summed E-state index contributed by atoms with van der Waals surface area (Å²) in [7, 11) is 0. The Bertz CT molecular complexity index is 364. The molecular formula is C14H25N3S. The van der Waals surface area contributed by atoms with Gasteiger partial charge in [0, 0.05) is 30.2 Å². The van der Waals surface area contributed by atoms with Gasteiger partial charge < -0.3 is 5.32 Å². The van der Waals surface area contributed by atoms with E-state index in [1.165, 1.54) is 35.8 Å². The fourth-order valence-electron chi connectivity index (χ4n) is 2.67. The first-order valence-electron chi connectivity index (χ1n) is 7.06. The van der Waals surface area contributed by atoms with Gasteiger partial charge in [0.15, 0.2) is 0 Å². The predicted octanol–water partition coefficient (Wildman–Crippen LogP) is 2.66. The van der Waals surface area contributed by atoms with Crippen LogP contribution in [-0.4, -0.2) is 35.6 Å². The van der Waals surface area contributed by atoms with E-state index in [-0.39, 0.29) is 0 Å². The maximum Gasteiger partial charge on any atom is 0.107 e. The van der Waals surface area contributed by atoms with Gasteiger partial charge in [-0.15, -0.1) is 11.3 Å². The van der Waals surface area contributed by atoms with Crippen molar-refractivity contribution in [3.8, 4) is 0 Å². The van der Waals surface area contributed by atoms with Crippen LogP contribution in [0.5, 0.6) is 0 Å². The van der Waals surface area contributed by atoms with Crippen LogP contribution in [0.4, 0.5) is 0 Å². The number of thiazole rings is 1. The van der Waals surface area contributed by atoms with Crippen molar-refractivity contribution >= 4 is 11.3 Å². The summed E-state index contributed by atoms with van der Waals surface area (Å²) in [4.78, 5) is 8.33. The van der Waals surface area contributed by atoms with Crippen molar-refractivity contribution in [1.82, 2.24) is 15.2 Å². The number of likely N-dealkylation sites (tertiary alicyclic amines) is 1. The van der Waals surface area contributed by atoms with E-state index in [1.54, 1.807) is 0 Å². The molecule has 18 heavy (non-hydrogen) atoms. The van der Waals surface area contributed by atoms with Crippen LogP contribution < -0.4 is 5.32 Å². The maximum atomic E-state index is 4.46. The van der Waals surface area contributed by atoms with Crippen molar-refractivity contribution in [2.45, 2.75) is 46.2 Å². The highest BCUT2D eigenvalue weighted by Crippen LogP contribution is 2.20. The summed E-state index contributed by atoms with van der Waals surface area (Å²) in [5.74, 6) is 0.742. The van der Waals surface area contributed by atoms with Gasteiger partial charge in [0.05, 0.1) is 6.54 Å². The lowest BCUT2D eigenvalue weighted by atomic mass is 9.94. The first-order chi connectivity index (χ1) is 8.69. The quantitative estimate of drug-likeness (QED) is 0.889. The van der Waals surface area contributed by atoms with Gasteiger partial charge in [-0.3, -0.25) is 4.90 Å². The van der Waals surface area contributed by atoms with Crippen LogP contribution in [-0.2, 0) is 6.54 Å². The molecule has 0 bridgehead atoms. The molecule has 1 aromatic rings. The second-order valence-electron chi connectivity index (χ2n) is 5.43. The van der Waals surface area contributed by atoms with E-state index in [9.17, 15) is 0 Å². The number of aromatic nitrogens is 1. The third kappa shape index (κ3) is 3.77. The average molecular weight is 267 g/mol. The van der Waals surface area contributed by atoms with Gasteiger partial charge in [0.1, 0.15) is 5.01 Å². The Balaban J connectivity index is 1.80. The molecule has 0 saturated carbocycles. The summed E-state index contributed by atoms with van der Waals surface area (Å²) in [6.45, 7) is 11.3. The van der Waals surface area contributed by atoms with Crippen molar-refractivity contribution in [1.29, 1.82) is 0 Å². The third-order valence-electron chi connectivity index (χ3n) is 3.67. The Morgan fingerprint density at radius 1 is 1.56 bits per heavy atom. The zero-order valence-corrected chi connectivity index (χ0v) is 12.6. The lowest BCUT2D eigenvalue weighted by molar-refractivity contribution is 0.141. The van der Waals surface area contributed by atoms with Crippen molar-refractivity contribution in [3.63, 3.8) is 0 Å². The zero-order valence-electron chi connectivity index (χ0n) is 11.8. The number of nitrogens with one attached hydrogen (secondary N) is 1. The molecule has 0 aromatic carbocycles. The van der Waals surface area contributed by atoms with Crippen molar-refractivity contribution in [3.05, 3.63) is 16.1 Å². The lowest BCUT2D eigenvalue weighted by Crippen LogP contribution is -2.48. The summed E-state index contributed by atoms with van der Waals surface area (Å²) in [5.41, 5.74) is 0. The second-order valence-corrected chi connectivity index (χ2v) is 6.75. The highest BCUT2D eigenvalue weighted by atomic mass is 32.1. The van der Waals surface area contributed by atoms with E-state index in [0.29, 0.717) is 6.04 Å². The number of rotatable bonds is 5. The molecule has 2 atom stereocenters. The van der Waals surface area contributed by atoms with E-state index < -0.39 is 0 Å². The molecule has 4 heteroatoms. The normalized spacial score (nSPS) is 25.5. The number of hydrogen-bond donors (Lipinski definition) is 1. The lowest BCUT2D eigenvalue weighted by Gasteiger charge is -2.37. The molecule has 0 spiro atoms. The zero-order chi connectivity index (χ0) is 13.0. The molecule has 2 rings (SSSR count). The minimum absolute atomic E-state index is 0.708. The molecule has 1 N–H and O–H groups in total. The number of piperidine rings is 1. The molecule has 2 heterocycles. The Labute approximate surface area is 115 Å². The van der Waals surface area contributed by atoms with E-state index in [4.69, 9.17) is 0 Å². The van der Waals surface area contributed by atoms with Gasteiger partial charge in [-0.05, 0) is 32.2 Å². The van der Waals surface area contributed by atoms with Crippen LogP contribution in [0.1, 0.15) is 36.6 Å². The first kappa shape index (κ1) is 14.0. The van der Waals surface area contributed by atoms with Crippen LogP contribution in [0.3, 0.4) is 0 Å². The molecule has 2 unspecified atom stereocenters. The van der Waals surface area contributed by atoms with E-state index in [1.807, 2.05) is 17.5 Å². The molecule has 1 saturated heterocycles. The number of aryl methyl sites for hydroxylation is 1. The summed E-state index contributed by atoms with van der Waals surface area (Å²) < 4.78 is 0. The largest absolute Gasteiger partial charge is 0.314 e. The fourth-order valence-corrected chi connectivity index (χ4v) is 3.50. The van der Waals surface area contributed by atoms with Gasteiger partial charge >= 0.3 is 0 Å². The fraction of sp³-hybridized carbons (Fsp3) is 0.786. The first-order valence-corrected chi connectivity index (χ1v) is 7.87. The maximum absolute atomic E-state index is 4.46. The van der Waals surface area contributed by atoms with Gasteiger partial charge in [0.2, 0.25) is 0 Å². The summed E-state index contributed by atoms with van der Waals surface area (Å²) in [6.07, 6.45) is 4.48. The molecule has 0 amide bonds. The van der Waals surface area contributed by atoms with E-state index in [0.717, 1.165) is 19.0 Å². The topological polar surface area (TPSA) is 28.2 Å². The molecule has 1 aromatic heterocycles. The van der Waals surface area contributed by atoms with Gasteiger partial charge in [-0.25, -0.2) is 4.98 Å². The SMILES string of the molecule is CCCNC1CCN(Cc2ncc(C)s2)CC1C. The number of nitrogens with zero attached hydrogens (tertiary/aromatic N) is 2. The molecule has 0 radical (unpaired) electrons. The standard InChI is InChI=1S/C14H25N3S/c1-4-6-15-13-5-7-17(9-11(13)2)10-14-16-8-12(3)18-14/h8,11,13,15H,4-7,9-10H2,1-3H3. The smallest absolute Gasteiger partial charge is 0.107 e. The van der Waals surface area contributed by atoms with Crippen LogP contribution in [0.15, 0.2) is 6.20 Å². The highest BCUT2D eigenvalue weighted by molar-refractivity contribution is 7.11. The molecule has 1 aliphatic rings. The van der Waals surface area contributed by atoms with Crippen LogP contribution >= 0.6 is 11.3 Å². The van der Waals surface area contributed by atoms with Gasteiger partial charge in [-0.1, -0.05) is 13.8 Å². The van der Waals surface area contributed by atoms with Crippen LogP contribution in [0, 0.1) is 12.8 Å². The summed E-state index contributed by atoms with van der Waals surface area (Å²) >= 11 is 1.83. The van der Waals surface area contributed by atoms with E-state index in [2.05, 4.69) is 36.0 Å². The molecule has 102 valence electrons. The van der Waals surface area contributed by atoms with Crippen molar-refractivity contribution in [2.75, 3.05) is 19.6 Å². The Morgan fingerprint density at radius 3 is 3.00 bits per heavy atom. The minimum Gasteiger partial charge on any atom is -0.314 e. The van der Waals surface area contributed by atoms with Gasteiger partial charge in [-0.2, -0.15) is 0 Å². The summed E-state index contributed by atoms with van der Waals surface area (Å²) in [5, 5.41) is 4.93. The summed E-state index contributed by atoms with van der Waals surface area (Å²) in [6, 6.07) is 0.708. The molecule has 1 aliphatic heterocycles. The molecule has 0 aliphatic carbocycles. The Hall–Kier alpha value is -0.450.